The lowest BCUT2D eigenvalue weighted by Gasteiger charge is -2.20. The molecule has 1 N–H and O–H groups in total. The fraction of sp³-hybridized carbons (Fsp3) is 0.304. The van der Waals surface area contributed by atoms with E-state index in [1.165, 1.54) is 47.0 Å². The first-order chi connectivity index (χ1) is 16.4. The van der Waals surface area contributed by atoms with Crippen molar-refractivity contribution in [1.82, 2.24) is 9.29 Å². The molecule has 0 radical (unpaired) electrons. The first kappa shape index (κ1) is 22.8. The van der Waals surface area contributed by atoms with Crippen molar-refractivity contribution in [3.8, 4) is 22.8 Å². The summed E-state index contributed by atoms with van der Waals surface area (Å²) in [5.74, 6) is 0.979. The van der Waals surface area contributed by atoms with Crippen molar-refractivity contribution >= 4 is 32.4 Å². The van der Waals surface area contributed by atoms with Gasteiger partial charge in [0.05, 0.1) is 16.7 Å². The minimum atomic E-state index is -3.67. The van der Waals surface area contributed by atoms with Crippen LogP contribution in [-0.4, -0.2) is 56.7 Å². The monoisotopic (exact) mass is 501 g/mol. The molecule has 1 unspecified atom stereocenters. The van der Waals surface area contributed by atoms with E-state index in [0.29, 0.717) is 41.0 Å². The number of amides is 1. The number of anilines is 1. The van der Waals surface area contributed by atoms with Crippen LogP contribution in [0.3, 0.4) is 0 Å². The minimum absolute atomic E-state index is 0.0781. The van der Waals surface area contributed by atoms with Gasteiger partial charge in [0.1, 0.15) is 0 Å². The molecule has 11 heteroatoms. The third-order valence-corrected chi connectivity index (χ3v) is 8.30. The highest BCUT2D eigenvalue weighted by Gasteiger charge is 2.26. The van der Waals surface area contributed by atoms with Crippen LogP contribution >= 0.6 is 11.3 Å². The number of benzene rings is 2. The zero-order valence-corrected chi connectivity index (χ0v) is 20.0. The molecule has 0 spiro atoms. The summed E-state index contributed by atoms with van der Waals surface area (Å²) in [6.07, 6.45) is 1.72. The second-order valence-corrected chi connectivity index (χ2v) is 10.9. The lowest BCUT2D eigenvalue weighted by Crippen LogP contribution is -2.34. The predicted octanol–water partition coefficient (Wildman–Crippen LogP) is 3.59. The molecule has 178 valence electrons. The molecular weight excluding hydrogens is 478 g/mol. The van der Waals surface area contributed by atoms with Gasteiger partial charge in [-0.2, -0.15) is 4.31 Å². The third-order valence-electron chi connectivity index (χ3n) is 5.70. The Labute approximate surface area is 201 Å². The van der Waals surface area contributed by atoms with Crippen molar-refractivity contribution in [3.63, 3.8) is 0 Å². The van der Waals surface area contributed by atoms with Crippen LogP contribution in [0.5, 0.6) is 11.5 Å². The summed E-state index contributed by atoms with van der Waals surface area (Å²) >= 11 is 1.30. The molecule has 34 heavy (non-hydrogen) atoms. The summed E-state index contributed by atoms with van der Waals surface area (Å²) in [6, 6.07) is 11.4. The van der Waals surface area contributed by atoms with Crippen molar-refractivity contribution in [1.29, 1.82) is 0 Å². The van der Waals surface area contributed by atoms with E-state index >= 15 is 0 Å². The van der Waals surface area contributed by atoms with Crippen molar-refractivity contribution < 1.29 is 27.4 Å². The van der Waals surface area contributed by atoms with Gasteiger partial charge in [0.2, 0.25) is 16.8 Å². The van der Waals surface area contributed by atoms with Crippen LogP contribution < -0.4 is 14.8 Å². The maximum Gasteiger partial charge on any atom is 0.257 e. The van der Waals surface area contributed by atoms with Crippen LogP contribution in [0.1, 0.15) is 23.2 Å². The fourth-order valence-corrected chi connectivity index (χ4v) is 5.74. The van der Waals surface area contributed by atoms with Crippen molar-refractivity contribution in [2.45, 2.75) is 23.8 Å². The molecule has 1 fully saturated rings. The van der Waals surface area contributed by atoms with Crippen molar-refractivity contribution in [2.24, 2.45) is 0 Å². The van der Waals surface area contributed by atoms with Gasteiger partial charge in [-0.05, 0) is 55.3 Å². The normalized spacial score (nSPS) is 17.3. The van der Waals surface area contributed by atoms with Crippen LogP contribution in [0, 0.1) is 0 Å². The number of carbonyl (C=O) groups is 1. The molecule has 3 heterocycles. The Morgan fingerprint density at radius 3 is 2.74 bits per heavy atom. The van der Waals surface area contributed by atoms with Crippen LogP contribution in [0.25, 0.3) is 11.3 Å². The average Bonchev–Trinajstić information content (AvgIpc) is 3.60. The third kappa shape index (κ3) is 4.64. The number of nitrogens with zero attached hydrogens (tertiary/aromatic N) is 2. The highest BCUT2D eigenvalue weighted by atomic mass is 32.2. The quantitative estimate of drug-likeness (QED) is 0.527. The second kappa shape index (κ2) is 9.34. The van der Waals surface area contributed by atoms with E-state index in [-0.39, 0.29) is 23.7 Å². The largest absolute Gasteiger partial charge is 0.454 e. The number of aromatic nitrogens is 1. The van der Waals surface area contributed by atoms with Crippen LogP contribution in [0.15, 0.2) is 52.7 Å². The molecule has 5 rings (SSSR count). The zero-order valence-electron chi connectivity index (χ0n) is 18.4. The van der Waals surface area contributed by atoms with Gasteiger partial charge in [-0.1, -0.05) is 0 Å². The molecule has 1 saturated heterocycles. The summed E-state index contributed by atoms with van der Waals surface area (Å²) in [5, 5.41) is 5.04. The van der Waals surface area contributed by atoms with Gasteiger partial charge >= 0.3 is 0 Å². The number of likely N-dealkylation sites (N-methyl/N-ethyl adjacent to an activating group) is 1. The van der Waals surface area contributed by atoms with Crippen LogP contribution in [0.4, 0.5) is 5.13 Å². The number of thiazole rings is 1. The first-order valence-corrected chi connectivity index (χ1v) is 13.1. The number of fused-ring (bicyclic) bond motifs is 1. The number of rotatable bonds is 7. The average molecular weight is 502 g/mol. The highest BCUT2D eigenvalue weighted by Crippen LogP contribution is 2.36. The van der Waals surface area contributed by atoms with Gasteiger partial charge in [-0.3, -0.25) is 10.1 Å². The highest BCUT2D eigenvalue weighted by molar-refractivity contribution is 7.89. The molecule has 1 aromatic heterocycles. The van der Waals surface area contributed by atoms with Gasteiger partial charge in [0.15, 0.2) is 16.6 Å². The van der Waals surface area contributed by atoms with Gasteiger partial charge in [0, 0.05) is 36.7 Å². The smallest absolute Gasteiger partial charge is 0.257 e. The van der Waals surface area contributed by atoms with E-state index in [2.05, 4.69) is 10.3 Å². The molecule has 3 aromatic rings. The lowest BCUT2D eigenvalue weighted by molar-refractivity contribution is 0.0979. The summed E-state index contributed by atoms with van der Waals surface area (Å²) in [5.41, 5.74) is 1.89. The Balaban J connectivity index is 1.24. The number of nitrogens with one attached hydrogen (secondary N) is 1. The number of sulfonamides is 1. The molecule has 0 bridgehead atoms. The summed E-state index contributed by atoms with van der Waals surface area (Å²) in [4.78, 5) is 17.3. The lowest BCUT2D eigenvalue weighted by atomic mass is 10.1. The fourth-order valence-electron chi connectivity index (χ4n) is 3.82. The Bertz CT molecular complexity index is 1300. The van der Waals surface area contributed by atoms with Crippen LogP contribution in [0.2, 0.25) is 0 Å². The summed E-state index contributed by atoms with van der Waals surface area (Å²) in [6.45, 7) is 1.17. The SMILES string of the molecule is CN(CC1CCCO1)S(=O)(=O)c1ccc(C(=O)Nc2nc(-c3ccc4c(c3)OCO4)cs2)cc1. The van der Waals surface area contributed by atoms with E-state index in [1.807, 2.05) is 23.6 Å². The van der Waals surface area contributed by atoms with Crippen LogP contribution in [-0.2, 0) is 14.8 Å². The molecule has 1 amide bonds. The van der Waals surface area contributed by atoms with Gasteiger partial charge in [-0.15, -0.1) is 11.3 Å². The summed E-state index contributed by atoms with van der Waals surface area (Å²) < 4.78 is 43.2. The van der Waals surface area contributed by atoms with Gasteiger partial charge < -0.3 is 14.2 Å². The van der Waals surface area contributed by atoms with E-state index in [1.54, 1.807) is 0 Å². The van der Waals surface area contributed by atoms with E-state index in [4.69, 9.17) is 14.2 Å². The molecule has 2 aromatic carbocycles. The standard InChI is InChI=1S/C23H23N3O6S2/c1-26(12-17-3-2-10-30-17)34(28,29)18-7-4-15(5-8-18)22(27)25-23-24-19(13-33-23)16-6-9-20-21(11-16)32-14-31-20/h4-9,11,13,17H,2-3,10,12,14H2,1H3,(H,24,25,27). The van der Waals surface area contributed by atoms with E-state index < -0.39 is 10.0 Å². The molecule has 9 nitrogen and oxygen atoms in total. The Morgan fingerprint density at radius 1 is 1.18 bits per heavy atom. The Kier molecular flexibility index (Phi) is 6.26. The number of ether oxygens (including phenoxy) is 3. The van der Waals surface area contributed by atoms with Crippen molar-refractivity contribution in [2.75, 3.05) is 32.3 Å². The van der Waals surface area contributed by atoms with Gasteiger partial charge in [0.25, 0.3) is 5.91 Å². The topological polar surface area (TPSA) is 107 Å². The molecule has 0 aliphatic carbocycles. The van der Waals surface area contributed by atoms with E-state index in [9.17, 15) is 13.2 Å². The molecular formula is C23H23N3O6S2. The summed E-state index contributed by atoms with van der Waals surface area (Å²) in [7, 11) is -2.13. The zero-order chi connectivity index (χ0) is 23.7. The second-order valence-electron chi connectivity index (χ2n) is 8.01. The number of carbonyl (C=O) groups excluding carboxylic acids is 1. The number of hydrogen-bond donors (Lipinski definition) is 1. The molecule has 0 saturated carbocycles. The Hall–Kier alpha value is -2.99. The molecule has 1 atom stereocenters. The van der Waals surface area contributed by atoms with E-state index in [0.717, 1.165) is 18.4 Å². The molecule has 2 aliphatic heterocycles. The predicted molar refractivity (Wildman–Crippen MR) is 127 cm³/mol. The van der Waals surface area contributed by atoms with Crippen molar-refractivity contribution in [3.05, 3.63) is 53.4 Å². The maximum atomic E-state index is 12.8. The maximum absolute atomic E-state index is 12.8. The number of hydrogen-bond acceptors (Lipinski definition) is 8. The minimum Gasteiger partial charge on any atom is -0.454 e. The molecule has 2 aliphatic rings. The first-order valence-electron chi connectivity index (χ1n) is 10.7. The van der Waals surface area contributed by atoms with Gasteiger partial charge in [-0.25, -0.2) is 13.4 Å². The Morgan fingerprint density at radius 2 is 1.97 bits per heavy atom.